The monoisotopic (exact) mass is 394 g/mol. The first-order valence-corrected chi connectivity index (χ1v) is 8.31. The normalized spacial score (nSPS) is 12.1. The van der Waals surface area contributed by atoms with E-state index in [1.54, 1.807) is 29.9 Å². The van der Waals surface area contributed by atoms with Crippen molar-refractivity contribution in [1.29, 1.82) is 0 Å². The Labute approximate surface area is 156 Å². The number of aryl methyl sites for hydroxylation is 1. The SMILES string of the molecule is COc1cc2c(cc1C(F)(F)F)nc(Nc1c[nH]c3ccc(Cl)cc13)n2C. The lowest BCUT2D eigenvalue weighted by Crippen LogP contribution is -2.07. The zero-order valence-electron chi connectivity index (χ0n) is 14.3. The molecule has 2 aromatic carbocycles. The summed E-state index contributed by atoms with van der Waals surface area (Å²) in [4.78, 5) is 7.42. The number of anilines is 2. The van der Waals surface area contributed by atoms with E-state index >= 15 is 0 Å². The molecule has 0 atom stereocenters. The second-order valence-corrected chi connectivity index (χ2v) is 6.49. The van der Waals surface area contributed by atoms with Gasteiger partial charge in [-0.05, 0) is 24.3 Å². The van der Waals surface area contributed by atoms with E-state index in [0.717, 1.165) is 17.0 Å². The van der Waals surface area contributed by atoms with Crippen LogP contribution < -0.4 is 10.1 Å². The Bertz CT molecular complexity index is 1160. The summed E-state index contributed by atoms with van der Waals surface area (Å²) in [5.41, 5.74) is 1.46. The second kappa shape index (κ2) is 6.09. The van der Waals surface area contributed by atoms with Gasteiger partial charge in [0, 0.05) is 35.2 Å². The van der Waals surface area contributed by atoms with Crippen LogP contribution in [0.25, 0.3) is 21.9 Å². The summed E-state index contributed by atoms with van der Waals surface area (Å²) in [5.74, 6) is 0.149. The third-order valence-electron chi connectivity index (χ3n) is 4.40. The van der Waals surface area contributed by atoms with Gasteiger partial charge in [-0.2, -0.15) is 13.2 Å². The minimum atomic E-state index is -4.53. The molecule has 0 aliphatic rings. The Kier molecular flexibility index (Phi) is 3.96. The molecule has 0 aliphatic heterocycles. The maximum absolute atomic E-state index is 13.2. The first kappa shape index (κ1) is 17.5. The molecule has 140 valence electrons. The van der Waals surface area contributed by atoms with Crippen molar-refractivity contribution in [1.82, 2.24) is 14.5 Å². The quantitative estimate of drug-likeness (QED) is 0.484. The van der Waals surface area contributed by atoms with Gasteiger partial charge in [0.05, 0.1) is 29.4 Å². The summed E-state index contributed by atoms with van der Waals surface area (Å²) in [7, 11) is 2.92. The number of methoxy groups -OCH3 is 1. The molecule has 0 saturated carbocycles. The van der Waals surface area contributed by atoms with E-state index in [1.165, 1.54) is 13.2 Å². The molecule has 4 aromatic rings. The van der Waals surface area contributed by atoms with Gasteiger partial charge in [-0.25, -0.2) is 4.98 Å². The van der Waals surface area contributed by atoms with Crippen molar-refractivity contribution >= 4 is 45.2 Å². The second-order valence-electron chi connectivity index (χ2n) is 6.05. The third-order valence-corrected chi connectivity index (χ3v) is 4.63. The number of hydrogen-bond acceptors (Lipinski definition) is 3. The number of aromatic amines is 1. The Morgan fingerprint density at radius 3 is 2.70 bits per heavy atom. The zero-order chi connectivity index (χ0) is 19.3. The topological polar surface area (TPSA) is 54.9 Å². The van der Waals surface area contributed by atoms with E-state index < -0.39 is 11.7 Å². The van der Waals surface area contributed by atoms with Crippen LogP contribution in [0.1, 0.15) is 5.56 Å². The lowest BCUT2D eigenvalue weighted by Gasteiger charge is -2.12. The molecule has 0 amide bonds. The number of alkyl halides is 3. The van der Waals surface area contributed by atoms with Crippen LogP contribution in [0.3, 0.4) is 0 Å². The molecule has 9 heteroatoms. The number of fused-ring (bicyclic) bond motifs is 2. The highest BCUT2D eigenvalue weighted by Crippen LogP contribution is 2.39. The fourth-order valence-corrected chi connectivity index (χ4v) is 3.21. The van der Waals surface area contributed by atoms with Crippen molar-refractivity contribution in [2.75, 3.05) is 12.4 Å². The standard InChI is InChI=1S/C18H14ClF3N4O/c1-26-15-7-16(27-2)11(18(20,21)22)6-13(15)24-17(26)25-14-8-23-12-4-3-9(19)5-10(12)14/h3-8,23H,1-2H3,(H,24,25). The Morgan fingerprint density at radius 2 is 2.00 bits per heavy atom. The van der Waals surface area contributed by atoms with Gasteiger partial charge in [0.1, 0.15) is 5.75 Å². The van der Waals surface area contributed by atoms with Crippen LogP contribution in [-0.4, -0.2) is 21.6 Å². The van der Waals surface area contributed by atoms with E-state index in [2.05, 4.69) is 15.3 Å². The molecular formula is C18H14ClF3N4O. The average molecular weight is 395 g/mol. The van der Waals surface area contributed by atoms with Gasteiger partial charge >= 0.3 is 6.18 Å². The molecule has 5 nitrogen and oxygen atoms in total. The molecular weight excluding hydrogens is 381 g/mol. The van der Waals surface area contributed by atoms with Crippen molar-refractivity contribution in [3.8, 4) is 5.75 Å². The number of H-pyrrole nitrogens is 1. The molecule has 0 aliphatic carbocycles. The van der Waals surface area contributed by atoms with Crippen LogP contribution in [0, 0.1) is 0 Å². The van der Waals surface area contributed by atoms with Crippen molar-refractivity contribution in [2.45, 2.75) is 6.18 Å². The van der Waals surface area contributed by atoms with Crippen molar-refractivity contribution in [2.24, 2.45) is 7.05 Å². The first-order chi connectivity index (χ1) is 12.8. The fourth-order valence-electron chi connectivity index (χ4n) is 3.04. The lowest BCUT2D eigenvalue weighted by atomic mass is 10.1. The molecule has 0 radical (unpaired) electrons. The van der Waals surface area contributed by atoms with Gasteiger partial charge < -0.3 is 19.6 Å². The third kappa shape index (κ3) is 2.95. The number of benzene rings is 2. The molecule has 2 N–H and O–H groups in total. The summed E-state index contributed by atoms with van der Waals surface area (Å²) >= 11 is 6.06. The zero-order valence-corrected chi connectivity index (χ0v) is 15.0. The van der Waals surface area contributed by atoms with E-state index in [9.17, 15) is 13.2 Å². The molecule has 0 fully saturated rings. The minimum absolute atomic E-state index is 0.214. The molecule has 4 rings (SSSR count). The highest BCUT2D eigenvalue weighted by molar-refractivity contribution is 6.31. The van der Waals surface area contributed by atoms with Gasteiger partial charge in [-0.1, -0.05) is 11.6 Å². The summed E-state index contributed by atoms with van der Waals surface area (Å²) in [6.45, 7) is 0. The van der Waals surface area contributed by atoms with Crippen molar-refractivity contribution < 1.29 is 17.9 Å². The summed E-state index contributed by atoms with van der Waals surface area (Å²) in [5, 5.41) is 4.58. The largest absolute Gasteiger partial charge is 0.496 e. The molecule has 0 saturated heterocycles. The summed E-state index contributed by atoms with van der Waals surface area (Å²) in [6, 6.07) is 7.74. The highest BCUT2D eigenvalue weighted by atomic mass is 35.5. The Balaban J connectivity index is 1.82. The van der Waals surface area contributed by atoms with Gasteiger partial charge in [-0.3, -0.25) is 0 Å². The molecule has 2 aromatic heterocycles. The van der Waals surface area contributed by atoms with Crippen molar-refractivity contribution in [3.63, 3.8) is 0 Å². The number of aromatic nitrogens is 3. The van der Waals surface area contributed by atoms with E-state index in [-0.39, 0.29) is 11.3 Å². The number of rotatable bonds is 3. The first-order valence-electron chi connectivity index (χ1n) is 7.93. The minimum Gasteiger partial charge on any atom is -0.496 e. The maximum Gasteiger partial charge on any atom is 0.420 e. The molecule has 27 heavy (non-hydrogen) atoms. The van der Waals surface area contributed by atoms with Gasteiger partial charge in [0.2, 0.25) is 5.95 Å². The summed E-state index contributed by atoms with van der Waals surface area (Å²) < 4.78 is 46.3. The predicted molar refractivity (Wildman–Crippen MR) is 98.9 cm³/mol. The fraction of sp³-hybridized carbons (Fsp3) is 0.167. The maximum atomic E-state index is 13.2. The number of hydrogen-bond donors (Lipinski definition) is 2. The predicted octanol–water partition coefficient (Wildman–Crippen LogP) is 5.48. The summed E-state index contributed by atoms with van der Waals surface area (Å²) in [6.07, 6.45) is -2.78. The smallest absolute Gasteiger partial charge is 0.420 e. The number of imidazole rings is 1. The number of nitrogens with one attached hydrogen (secondary N) is 2. The van der Waals surface area contributed by atoms with E-state index in [1.807, 2.05) is 6.07 Å². The van der Waals surface area contributed by atoms with Crippen LogP contribution in [0.15, 0.2) is 36.5 Å². The molecule has 0 unspecified atom stereocenters. The highest BCUT2D eigenvalue weighted by Gasteiger charge is 2.35. The van der Waals surface area contributed by atoms with Crippen LogP contribution in [0.4, 0.5) is 24.8 Å². The molecule has 2 heterocycles. The van der Waals surface area contributed by atoms with Crippen molar-refractivity contribution in [3.05, 3.63) is 47.1 Å². The van der Waals surface area contributed by atoms with Crippen LogP contribution >= 0.6 is 11.6 Å². The van der Waals surface area contributed by atoms with Gasteiger partial charge in [-0.15, -0.1) is 0 Å². The van der Waals surface area contributed by atoms with Crippen LogP contribution in [0.2, 0.25) is 5.02 Å². The number of halogens is 4. The van der Waals surface area contributed by atoms with E-state index in [4.69, 9.17) is 16.3 Å². The van der Waals surface area contributed by atoms with E-state index in [0.29, 0.717) is 22.2 Å². The Hall–Kier alpha value is -2.87. The van der Waals surface area contributed by atoms with Crippen LogP contribution in [-0.2, 0) is 13.2 Å². The molecule has 0 bridgehead atoms. The van der Waals surface area contributed by atoms with Gasteiger partial charge in [0.25, 0.3) is 0 Å². The van der Waals surface area contributed by atoms with Crippen LogP contribution in [0.5, 0.6) is 5.75 Å². The Morgan fingerprint density at radius 1 is 1.22 bits per heavy atom. The van der Waals surface area contributed by atoms with Gasteiger partial charge in [0.15, 0.2) is 0 Å². The number of ether oxygens (including phenoxy) is 1. The average Bonchev–Trinajstić information content (AvgIpc) is 3.14. The number of nitrogens with zero attached hydrogens (tertiary/aromatic N) is 2. The molecule has 0 spiro atoms. The lowest BCUT2D eigenvalue weighted by molar-refractivity contribution is -0.138.